The summed E-state index contributed by atoms with van der Waals surface area (Å²) in [6.07, 6.45) is -4.41. The number of rotatable bonds is 7. The fourth-order valence-electron chi connectivity index (χ4n) is 1.76. The Bertz CT molecular complexity index is 545. The van der Waals surface area contributed by atoms with Crippen LogP contribution in [0.4, 0.5) is 13.2 Å². The standard InChI is InChI=1S/C15H21F3N4O2/c1-19-14(22-9-10-24-2)21-8-7-20-13(23)11-3-5-12(6-4-11)15(16,17)18/h3-6H,7-10H2,1-2H3,(H,20,23)(H2,19,21,22). The minimum Gasteiger partial charge on any atom is -0.383 e. The van der Waals surface area contributed by atoms with Gasteiger partial charge in [0.15, 0.2) is 5.96 Å². The van der Waals surface area contributed by atoms with E-state index in [4.69, 9.17) is 4.74 Å². The molecule has 0 radical (unpaired) electrons. The largest absolute Gasteiger partial charge is 0.416 e. The number of nitrogens with zero attached hydrogens (tertiary/aromatic N) is 1. The van der Waals surface area contributed by atoms with E-state index < -0.39 is 17.6 Å². The predicted octanol–water partition coefficient (Wildman–Crippen LogP) is 1.25. The first-order valence-electron chi connectivity index (χ1n) is 7.27. The number of halogens is 3. The molecular weight excluding hydrogens is 325 g/mol. The van der Waals surface area contributed by atoms with Gasteiger partial charge in [0.2, 0.25) is 0 Å². The topological polar surface area (TPSA) is 74.8 Å². The third-order valence-corrected chi connectivity index (χ3v) is 3.00. The maximum absolute atomic E-state index is 12.5. The second-order valence-corrected chi connectivity index (χ2v) is 4.75. The van der Waals surface area contributed by atoms with E-state index >= 15 is 0 Å². The molecule has 24 heavy (non-hydrogen) atoms. The second kappa shape index (κ2) is 9.76. The van der Waals surface area contributed by atoms with Crippen molar-refractivity contribution in [1.82, 2.24) is 16.0 Å². The number of carbonyl (C=O) groups excluding carboxylic acids is 1. The number of guanidine groups is 1. The molecule has 0 heterocycles. The van der Waals surface area contributed by atoms with Crippen LogP contribution in [0.25, 0.3) is 0 Å². The Morgan fingerprint density at radius 1 is 1.08 bits per heavy atom. The Kier molecular flexibility index (Phi) is 8.03. The van der Waals surface area contributed by atoms with Crippen LogP contribution in [-0.2, 0) is 10.9 Å². The van der Waals surface area contributed by atoms with Crippen molar-refractivity contribution in [3.8, 4) is 0 Å². The first-order valence-corrected chi connectivity index (χ1v) is 7.27. The molecule has 1 rings (SSSR count). The molecule has 0 saturated carbocycles. The molecule has 6 nitrogen and oxygen atoms in total. The fraction of sp³-hybridized carbons (Fsp3) is 0.467. The molecule has 0 bridgehead atoms. The van der Waals surface area contributed by atoms with Gasteiger partial charge in [0.05, 0.1) is 12.2 Å². The molecule has 0 fully saturated rings. The van der Waals surface area contributed by atoms with Gasteiger partial charge in [0, 0.05) is 39.4 Å². The molecule has 134 valence electrons. The molecule has 3 N–H and O–H groups in total. The molecule has 1 aromatic carbocycles. The molecule has 1 amide bonds. The van der Waals surface area contributed by atoms with E-state index in [1.165, 1.54) is 0 Å². The summed E-state index contributed by atoms with van der Waals surface area (Å²) < 4.78 is 42.3. The highest BCUT2D eigenvalue weighted by atomic mass is 19.4. The highest BCUT2D eigenvalue weighted by Crippen LogP contribution is 2.28. The molecule has 0 saturated heterocycles. The van der Waals surface area contributed by atoms with Crippen LogP contribution < -0.4 is 16.0 Å². The zero-order valence-electron chi connectivity index (χ0n) is 13.5. The van der Waals surface area contributed by atoms with Crippen LogP contribution in [0.2, 0.25) is 0 Å². The lowest BCUT2D eigenvalue weighted by Crippen LogP contribution is -2.42. The summed E-state index contributed by atoms with van der Waals surface area (Å²) in [7, 11) is 3.21. The van der Waals surface area contributed by atoms with Crippen LogP contribution in [0.5, 0.6) is 0 Å². The molecule has 0 unspecified atom stereocenters. The molecule has 0 aliphatic rings. The Balaban J connectivity index is 2.36. The summed E-state index contributed by atoms with van der Waals surface area (Å²) in [5.41, 5.74) is -0.614. The molecule has 0 spiro atoms. The number of methoxy groups -OCH3 is 1. The van der Waals surface area contributed by atoms with Crippen LogP contribution >= 0.6 is 0 Å². The summed E-state index contributed by atoms with van der Waals surface area (Å²) in [5, 5.41) is 8.60. The monoisotopic (exact) mass is 346 g/mol. The van der Waals surface area contributed by atoms with Gasteiger partial charge < -0.3 is 20.7 Å². The van der Waals surface area contributed by atoms with E-state index in [2.05, 4.69) is 20.9 Å². The summed E-state index contributed by atoms with van der Waals surface area (Å²) in [6.45, 7) is 1.84. The van der Waals surface area contributed by atoms with Crippen molar-refractivity contribution in [2.75, 3.05) is 40.4 Å². The van der Waals surface area contributed by atoms with Crippen LogP contribution in [0, 0.1) is 0 Å². The van der Waals surface area contributed by atoms with E-state index in [1.807, 2.05) is 0 Å². The Morgan fingerprint density at radius 3 is 2.21 bits per heavy atom. The summed E-state index contributed by atoms with van der Waals surface area (Å²) in [4.78, 5) is 15.8. The van der Waals surface area contributed by atoms with Crippen LogP contribution in [0.3, 0.4) is 0 Å². The molecule has 0 aliphatic carbocycles. The average molecular weight is 346 g/mol. The van der Waals surface area contributed by atoms with Crippen molar-refractivity contribution in [2.45, 2.75) is 6.18 Å². The Hall–Kier alpha value is -2.29. The first kappa shape index (κ1) is 19.8. The molecule has 9 heteroatoms. The zero-order chi connectivity index (χ0) is 18.0. The van der Waals surface area contributed by atoms with E-state index in [1.54, 1.807) is 14.2 Å². The fourth-order valence-corrected chi connectivity index (χ4v) is 1.76. The van der Waals surface area contributed by atoms with Crippen molar-refractivity contribution >= 4 is 11.9 Å². The van der Waals surface area contributed by atoms with E-state index in [-0.39, 0.29) is 5.56 Å². The van der Waals surface area contributed by atoms with Gasteiger partial charge in [0.25, 0.3) is 5.91 Å². The summed E-state index contributed by atoms with van der Waals surface area (Å²) >= 11 is 0. The van der Waals surface area contributed by atoms with E-state index in [0.717, 1.165) is 24.3 Å². The number of nitrogens with one attached hydrogen (secondary N) is 3. The maximum Gasteiger partial charge on any atom is 0.416 e. The quantitative estimate of drug-likeness (QED) is 0.395. The van der Waals surface area contributed by atoms with Gasteiger partial charge in [-0.1, -0.05) is 0 Å². The molecule has 0 aliphatic heterocycles. The predicted molar refractivity (Wildman–Crippen MR) is 85.0 cm³/mol. The van der Waals surface area contributed by atoms with Gasteiger partial charge in [-0.25, -0.2) is 0 Å². The molecule has 1 aromatic rings. The first-order chi connectivity index (χ1) is 11.4. The smallest absolute Gasteiger partial charge is 0.383 e. The molecule has 0 atom stereocenters. The average Bonchev–Trinajstić information content (AvgIpc) is 2.56. The zero-order valence-corrected chi connectivity index (χ0v) is 13.5. The SMILES string of the molecule is CN=C(NCCNC(=O)c1ccc(C(F)(F)F)cc1)NCCOC. The Labute approximate surface area is 138 Å². The van der Waals surface area contributed by atoms with Crippen molar-refractivity contribution in [2.24, 2.45) is 4.99 Å². The lowest BCUT2D eigenvalue weighted by molar-refractivity contribution is -0.137. The van der Waals surface area contributed by atoms with Crippen molar-refractivity contribution < 1.29 is 22.7 Å². The number of aliphatic imine (C=N–C) groups is 1. The van der Waals surface area contributed by atoms with Gasteiger partial charge in [0.1, 0.15) is 0 Å². The maximum atomic E-state index is 12.5. The van der Waals surface area contributed by atoms with Crippen LogP contribution in [-0.4, -0.2) is 52.3 Å². The molecule has 0 aromatic heterocycles. The number of hydrogen-bond acceptors (Lipinski definition) is 3. The number of hydrogen-bond donors (Lipinski definition) is 3. The van der Waals surface area contributed by atoms with Crippen LogP contribution in [0.1, 0.15) is 15.9 Å². The van der Waals surface area contributed by atoms with E-state index in [0.29, 0.717) is 32.2 Å². The van der Waals surface area contributed by atoms with Gasteiger partial charge in [-0.3, -0.25) is 9.79 Å². The van der Waals surface area contributed by atoms with Crippen molar-refractivity contribution in [3.63, 3.8) is 0 Å². The third-order valence-electron chi connectivity index (χ3n) is 3.00. The summed E-state index contributed by atoms with van der Waals surface area (Å²) in [5.74, 6) is 0.128. The van der Waals surface area contributed by atoms with Gasteiger partial charge in [-0.05, 0) is 24.3 Å². The number of amides is 1. The second-order valence-electron chi connectivity index (χ2n) is 4.75. The van der Waals surface area contributed by atoms with Gasteiger partial charge in [-0.2, -0.15) is 13.2 Å². The lowest BCUT2D eigenvalue weighted by atomic mass is 10.1. The summed E-state index contributed by atoms with van der Waals surface area (Å²) in [6, 6.07) is 4.07. The normalized spacial score (nSPS) is 12.0. The van der Waals surface area contributed by atoms with Gasteiger partial charge >= 0.3 is 6.18 Å². The highest BCUT2D eigenvalue weighted by Gasteiger charge is 2.30. The lowest BCUT2D eigenvalue weighted by Gasteiger charge is -2.12. The molecular formula is C15H21F3N4O2. The van der Waals surface area contributed by atoms with Crippen LogP contribution in [0.15, 0.2) is 29.3 Å². The highest BCUT2D eigenvalue weighted by molar-refractivity contribution is 5.94. The third kappa shape index (κ3) is 6.86. The number of benzene rings is 1. The number of alkyl halides is 3. The van der Waals surface area contributed by atoms with Crippen molar-refractivity contribution in [3.05, 3.63) is 35.4 Å². The number of ether oxygens (including phenoxy) is 1. The Morgan fingerprint density at radius 2 is 1.67 bits per heavy atom. The van der Waals surface area contributed by atoms with E-state index in [9.17, 15) is 18.0 Å². The van der Waals surface area contributed by atoms with Crippen molar-refractivity contribution in [1.29, 1.82) is 0 Å². The minimum atomic E-state index is -4.41. The van der Waals surface area contributed by atoms with Gasteiger partial charge in [-0.15, -0.1) is 0 Å². The number of carbonyl (C=O) groups is 1. The minimum absolute atomic E-state index is 0.172.